The second kappa shape index (κ2) is 9.03. The molecule has 2 aromatic carbocycles. The number of hydrogen-bond donors (Lipinski definition) is 1. The van der Waals surface area contributed by atoms with E-state index in [4.69, 9.17) is 9.84 Å². The summed E-state index contributed by atoms with van der Waals surface area (Å²) in [5.41, 5.74) is 5.25. The van der Waals surface area contributed by atoms with Crippen molar-refractivity contribution in [3.05, 3.63) is 74.8 Å². The van der Waals surface area contributed by atoms with Crippen LogP contribution in [0, 0.1) is 0 Å². The first-order valence-electron chi connectivity index (χ1n) is 9.65. The Morgan fingerprint density at radius 3 is 2.87 bits per heavy atom. The summed E-state index contributed by atoms with van der Waals surface area (Å²) in [7, 11) is 0. The third-order valence-electron chi connectivity index (χ3n) is 4.59. The van der Waals surface area contributed by atoms with E-state index in [2.05, 4.69) is 32.8 Å². The molecule has 0 radical (unpaired) electrons. The van der Waals surface area contributed by atoms with Crippen molar-refractivity contribution in [3.63, 3.8) is 0 Å². The predicted octanol–water partition coefficient (Wildman–Crippen LogP) is 5.06. The zero-order valence-electron chi connectivity index (χ0n) is 17.2. The molecule has 1 amide bonds. The van der Waals surface area contributed by atoms with Crippen LogP contribution in [0.5, 0.6) is 5.75 Å². The molecular weight excluding hydrogens is 476 g/mol. The second-order valence-corrected chi connectivity index (χ2v) is 8.89. The molecule has 6 nitrogen and oxygen atoms in total. The third-order valence-corrected chi connectivity index (χ3v) is 6.14. The Morgan fingerprint density at radius 2 is 2.10 bits per heavy atom. The first-order valence-corrected chi connectivity index (χ1v) is 11.3. The molecule has 0 fully saturated rings. The Labute approximate surface area is 192 Å². The molecule has 8 heteroatoms. The number of nitrogens with zero attached hydrogens (tertiary/aromatic N) is 3. The van der Waals surface area contributed by atoms with Gasteiger partial charge in [0.05, 0.1) is 23.6 Å². The van der Waals surface area contributed by atoms with Gasteiger partial charge in [0.15, 0.2) is 6.61 Å². The van der Waals surface area contributed by atoms with Crippen molar-refractivity contribution in [2.45, 2.75) is 13.8 Å². The van der Waals surface area contributed by atoms with Crippen LogP contribution in [0.15, 0.2) is 74.6 Å². The van der Waals surface area contributed by atoms with Gasteiger partial charge in [-0.25, -0.2) is 4.68 Å². The van der Waals surface area contributed by atoms with Gasteiger partial charge >= 0.3 is 0 Å². The summed E-state index contributed by atoms with van der Waals surface area (Å²) in [6.07, 6.45) is 0. The number of fused-ring (bicyclic) bond motifs is 1. The van der Waals surface area contributed by atoms with Gasteiger partial charge in [0.25, 0.3) is 5.91 Å². The molecule has 1 aromatic heterocycles. The van der Waals surface area contributed by atoms with Crippen LogP contribution in [0.4, 0.5) is 5.69 Å². The molecule has 0 bridgehead atoms. The number of ether oxygens (including phenoxy) is 1. The van der Waals surface area contributed by atoms with Crippen LogP contribution in [0.25, 0.3) is 11.3 Å². The molecule has 4 rings (SSSR count). The molecule has 0 atom stereocenters. The number of amides is 1. The van der Waals surface area contributed by atoms with Gasteiger partial charge in [0.1, 0.15) is 5.75 Å². The van der Waals surface area contributed by atoms with Gasteiger partial charge in [-0.2, -0.15) is 5.10 Å². The summed E-state index contributed by atoms with van der Waals surface area (Å²) in [6.45, 7) is 8.42. The van der Waals surface area contributed by atoms with E-state index in [0.717, 1.165) is 37.4 Å². The number of hydrogen-bond acceptors (Lipinski definition) is 5. The Morgan fingerprint density at radius 1 is 1.29 bits per heavy atom. The lowest BCUT2D eigenvalue weighted by Gasteiger charge is -2.18. The third kappa shape index (κ3) is 4.70. The van der Waals surface area contributed by atoms with Gasteiger partial charge in [0.2, 0.25) is 4.80 Å². The van der Waals surface area contributed by atoms with E-state index in [1.54, 1.807) is 0 Å². The van der Waals surface area contributed by atoms with Crippen molar-refractivity contribution < 1.29 is 9.53 Å². The number of halogens is 1. The number of rotatable bonds is 5. The van der Waals surface area contributed by atoms with Gasteiger partial charge in [0, 0.05) is 21.0 Å². The van der Waals surface area contributed by atoms with Crippen LogP contribution < -0.4 is 14.9 Å². The molecule has 0 spiro atoms. The van der Waals surface area contributed by atoms with E-state index in [9.17, 15) is 4.79 Å². The molecule has 0 aliphatic carbocycles. The highest BCUT2D eigenvalue weighted by Crippen LogP contribution is 2.33. The number of nitrogens with one attached hydrogen (secondary N) is 1. The second-order valence-electron chi connectivity index (χ2n) is 7.20. The highest BCUT2D eigenvalue weighted by Gasteiger charge is 2.18. The first-order chi connectivity index (χ1) is 14.9. The van der Waals surface area contributed by atoms with E-state index in [-0.39, 0.29) is 12.5 Å². The van der Waals surface area contributed by atoms with Crippen LogP contribution >= 0.6 is 27.3 Å². The molecular formula is C23H21BrN4O2S. The van der Waals surface area contributed by atoms with Gasteiger partial charge in [-0.1, -0.05) is 46.3 Å². The van der Waals surface area contributed by atoms with Crippen molar-refractivity contribution in [3.8, 4) is 17.0 Å². The predicted molar refractivity (Wildman–Crippen MR) is 129 cm³/mol. The highest BCUT2D eigenvalue weighted by molar-refractivity contribution is 9.10. The van der Waals surface area contributed by atoms with Gasteiger partial charge in [-0.15, -0.1) is 11.3 Å². The summed E-state index contributed by atoms with van der Waals surface area (Å²) >= 11 is 5.11. The Kier molecular flexibility index (Phi) is 6.20. The van der Waals surface area contributed by atoms with Crippen LogP contribution in [0.2, 0.25) is 0 Å². The van der Waals surface area contributed by atoms with E-state index < -0.39 is 0 Å². The average molecular weight is 497 g/mol. The van der Waals surface area contributed by atoms with Gasteiger partial charge in [-0.05, 0) is 38.1 Å². The number of carbonyl (C=O) groups excluding carboxylic acids is 1. The molecule has 0 saturated carbocycles. The van der Waals surface area contributed by atoms with Crippen LogP contribution in [-0.4, -0.2) is 29.4 Å². The Balaban J connectivity index is 1.85. The topological polar surface area (TPSA) is 68.0 Å². The molecule has 158 valence electrons. The fourth-order valence-electron chi connectivity index (χ4n) is 3.11. The maximum Gasteiger partial charge on any atom is 0.262 e. The lowest BCUT2D eigenvalue weighted by atomic mass is 10.1. The number of anilines is 1. The normalized spacial score (nSPS) is 14.1. The summed E-state index contributed by atoms with van der Waals surface area (Å²) < 4.78 is 8.30. The van der Waals surface area contributed by atoms with Gasteiger partial charge in [-0.3, -0.25) is 9.79 Å². The Hall–Kier alpha value is -2.97. The van der Waals surface area contributed by atoms with E-state index in [1.165, 1.54) is 11.3 Å². The molecule has 0 saturated heterocycles. The van der Waals surface area contributed by atoms with Gasteiger partial charge < -0.3 is 10.1 Å². The van der Waals surface area contributed by atoms with E-state index >= 15 is 0 Å². The first kappa shape index (κ1) is 21.3. The number of thiazole rings is 1. The molecule has 2 heterocycles. The quantitative estimate of drug-likeness (QED) is 0.396. The summed E-state index contributed by atoms with van der Waals surface area (Å²) in [5.74, 6) is 0.494. The average Bonchev–Trinajstić information content (AvgIpc) is 3.14. The molecule has 1 aliphatic heterocycles. The lowest BCUT2D eigenvalue weighted by molar-refractivity contribution is -0.118. The minimum absolute atomic E-state index is 0.0319. The maximum absolute atomic E-state index is 11.7. The van der Waals surface area contributed by atoms with E-state index in [1.807, 2.05) is 66.4 Å². The summed E-state index contributed by atoms with van der Waals surface area (Å²) in [4.78, 5) is 17.2. The monoisotopic (exact) mass is 496 g/mol. The fraction of sp³-hybridized carbons (Fsp3) is 0.174. The smallest absolute Gasteiger partial charge is 0.262 e. The van der Waals surface area contributed by atoms with Crippen LogP contribution in [0.1, 0.15) is 19.4 Å². The van der Waals surface area contributed by atoms with Crippen molar-refractivity contribution in [2.24, 2.45) is 10.1 Å². The minimum atomic E-state index is -0.164. The molecule has 3 aromatic rings. The van der Waals surface area contributed by atoms with Crippen molar-refractivity contribution in [2.75, 3.05) is 18.5 Å². The van der Waals surface area contributed by atoms with Crippen LogP contribution in [0.3, 0.4) is 0 Å². The zero-order valence-corrected chi connectivity index (χ0v) is 19.6. The zero-order chi connectivity index (χ0) is 22.0. The van der Waals surface area contributed by atoms with Crippen molar-refractivity contribution in [1.82, 2.24) is 4.68 Å². The Bertz CT molecular complexity index is 1270. The summed E-state index contributed by atoms with van der Waals surface area (Å²) in [5, 5.41) is 9.78. The highest BCUT2D eigenvalue weighted by atomic mass is 79.9. The SMILES string of the molecule is C=C(C)CN=c1scc(-c2ccc3c(c2)NC(=O)CO3)n1N=C(C)c1ccccc1Br. The fourth-order valence-corrected chi connectivity index (χ4v) is 4.51. The molecule has 1 aliphatic rings. The molecule has 1 N–H and O–H groups in total. The molecule has 0 unspecified atom stereocenters. The molecule has 31 heavy (non-hydrogen) atoms. The number of aromatic nitrogens is 1. The standard InChI is InChI=1S/C23H21BrN4O2S/c1-14(2)11-25-23-28(27-15(3)17-6-4-5-7-18(17)24)20(13-31-23)16-8-9-21-19(10-16)26-22(29)12-30-21/h4-10,13H,1,11-12H2,2-3H3,(H,26,29). The van der Waals surface area contributed by atoms with Crippen LogP contribution in [-0.2, 0) is 4.79 Å². The van der Waals surface area contributed by atoms with Crippen molar-refractivity contribution >= 4 is 44.6 Å². The number of benzene rings is 2. The van der Waals surface area contributed by atoms with Crippen molar-refractivity contribution in [1.29, 1.82) is 0 Å². The minimum Gasteiger partial charge on any atom is -0.482 e. The lowest BCUT2D eigenvalue weighted by Crippen LogP contribution is -2.25. The number of carbonyl (C=O) groups is 1. The summed E-state index contributed by atoms with van der Waals surface area (Å²) in [6, 6.07) is 13.7. The largest absolute Gasteiger partial charge is 0.482 e. The van der Waals surface area contributed by atoms with E-state index in [0.29, 0.717) is 18.0 Å². The maximum atomic E-state index is 11.7.